The lowest BCUT2D eigenvalue weighted by molar-refractivity contribution is 0.0708. The van der Waals surface area contributed by atoms with Gasteiger partial charge in [-0.2, -0.15) is 0 Å². The number of nitrogens with one attached hydrogen (secondary N) is 1. The maximum atomic E-state index is 12.5. The van der Waals surface area contributed by atoms with Crippen LogP contribution in [0.5, 0.6) is 0 Å². The molecule has 0 radical (unpaired) electrons. The molecule has 1 amide bonds. The van der Waals surface area contributed by atoms with Gasteiger partial charge in [-0.3, -0.25) is 4.79 Å². The summed E-state index contributed by atoms with van der Waals surface area (Å²) in [5, 5.41) is 3.36. The zero-order valence-corrected chi connectivity index (χ0v) is 13.6. The summed E-state index contributed by atoms with van der Waals surface area (Å²) in [7, 11) is 0. The summed E-state index contributed by atoms with van der Waals surface area (Å²) >= 11 is 0. The second-order valence-electron chi connectivity index (χ2n) is 6.68. The van der Waals surface area contributed by atoms with Gasteiger partial charge >= 0.3 is 0 Å². The Morgan fingerprint density at radius 1 is 1.23 bits per heavy atom. The van der Waals surface area contributed by atoms with Gasteiger partial charge in [0.25, 0.3) is 5.91 Å². The summed E-state index contributed by atoms with van der Waals surface area (Å²) in [6.07, 6.45) is 4.18. The molecule has 1 atom stereocenters. The van der Waals surface area contributed by atoms with Crippen LogP contribution in [0.2, 0.25) is 0 Å². The molecule has 0 aromatic carbocycles. The molecule has 0 saturated carbocycles. The molecule has 0 aliphatic carbocycles. The number of hydrogen-bond donors (Lipinski definition) is 1. The molecule has 3 rings (SSSR count). The molecular formula is C17H26N4O. The summed E-state index contributed by atoms with van der Waals surface area (Å²) in [5.41, 5.74) is 0.697. The number of nitrogens with zero attached hydrogens (tertiary/aromatic N) is 3. The molecule has 120 valence electrons. The number of anilines is 1. The molecule has 1 aromatic rings. The standard InChI is InChI=1S/C17H26N4O/c1-13-5-8-20(9-6-13)16-4-3-15(11-19-16)17(22)21-10-7-18-14(2)12-21/h3-4,11,13-14,18H,5-10,12H2,1-2H3. The highest BCUT2D eigenvalue weighted by Crippen LogP contribution is 2.21. The van der Waals surface area contributed by atoms with Gasteiger partial charge in [-0.25, -0.2) is 4.98 Å². The molecular weight excluding hydrogens is 276 g/mol. The summed E-state index contributed by atoms with van der Waals surface area (Å²) in [6.45, 7) is 8.95. The van der Waals surface area contributed by atoms with Crippen molar-refractivity contribution < 1.29 is 4.79 Å². The van der Waals surface area contributed by atoms with Crippen molar-refractivity contribution in [3.05, 3.63) is 23.9 Å². The number of piperazine rings is 1. The SMILES string of the molecule is CC1CCN(c2ccc(C(=O)N3CCNC(C)C3)cn2)CC1. The Morgan fingerprint density at radius 3 is 2.64 bits per heavy atom. The number of amides is 1. The summed E-state index contributed by atoms with van der Waals surface area (Å²) in [5.74, 6) is 1.91. The smallest absolute Gasteiger partial charge is 0.255 e. The van der Waals surface area contributed by atoms with Crippen molar-refractivity contribution in [2.24, 2.45) is 5.92 Å². The van der Waals surface area contributed by atoms with E-state index < -0.39 is 0 Å². The van der Waals surface area contributed by atoms with Gasteiger partial charge in [0.1, 0.15) is 5.82 Å². The van der Waals surface area contributed by atoms with Crippen molar-refractivity contribution in [3.8, 4) is 0 Å². The number of hydrogen-bond acceptors (Lipinski definition) is 4. The average Bonchev–Trinajstić information content (AvgIpc) is 2.55. The Morgan fingerprint density at radius 2 is 2.00 bits per heavy atom. The van der Waals surface area contributed by atoms with Gasteiger partial charge in [-0.05, 0) is 37.8 Å². The Bertz CT molecular complexity index is 508. The topological polar surface area (TPSA) is 48.5 Å². The number of aromatic nitrogens is 1. The molecule has 3 heterocycles. The van der Waals surface area contributed by atoms with Gasteiger partial charge in [0.15, 0.2) is 0 Å². The molecule has 0 bridgehead atoms. The molecule has 5 nitrogen and oxygen atoms in total. The van der Waals surface area contributed by atoms with Crippen LogP contribution in [0.15, 0.2) is 18.3 Å². The molecule has 2 aliphatic rings. The van der Waals surface area contributed by atoms with Crippen molar-refractivity contribution in [3.63, 3.8) is 0 Å². The third kappa shape index (κ3) is 3.40. The van der Waals surface area contributed by atoms with Crippen molar-refractivity contribution in [2.45, 2.75) is 32.7 Å². The highest BCUT2D eigenvalue weighted by atomic mass is 16.2. The highest BCUT2D eigenvalue weighted by molar-refractivity contribution is 5.94. The first-order valence-corrected chi connectivity index (χ1v) is 8.37. The minimum atomic E-state index is 0.0969. The summed E-state index contributed by atoms with van der Waals surface area (Å²) < 4.78 is 0. The van der Waals surface area contributed by atoms with Crippen molar-refractivity contribution in [2.75, 3.05) is 37.6 Å². The predicted octanol–water partition coefficient (Wildman–Crippen LogP) is 1.75. The van der Waals surface area contributed by atoms with Crippen LogP contribution in [0.3, 0.4) is 0 Å². The fraction of sp³-hybridized carbons (Fsp3) is 0.647. The molecule has 1 aromatic heterocycles. The molecule has 2 fully saturated rings. The van der Waals surface area contributed by atoms with Gasteiger partial charge in [-0.1, -0.05) is 6.92 Å². The highest BCUT2D eigenvalue weighted by Gasteiger charge is 2.22. The van der Waals surface area contributed by atoms with Crippen LogP contribution in [0, 0.1) is 5.92 Å². The van der Waals surface area contributed by atoms with Gasteiger partial charge in [0.05, 0.1) is 5.56 Å². The number of rotatable bonds is 2. The van der Waals surface area contributed by atoms with E-state index in [-0.39, 0.29) is 5.91 Å². The quantitative estimate of drug-likeness (QED) is 0.904. The van der Waals surface area contributed by atoms with Crippen molar-refractivity contribution >= 4 is 11.7 Å². The number of pyridine rings is 1. The van der Waals surface area contributed by atoms with Gasteiger partial charge in [0.2, 0.25) is 0 Å². The van der Waals surface area contributed by atoms with Gasteiger partial charge in [-0.15, -0.1) is 0 Å². The second-order valence-corrected chi connectivity index (χ2v) is 6.68. The average molecular weight is 302 g/mol. The van der Waals surface area contributed by atoms with Crippen molar-refractivity contribution in [1.82, 2.24) is 15.2 Å². The largest absolute Gasteiger partial charge is 0.357 e. The molecule has 1 unspecified atom stereocenters. The minimum Gasteiger partial charge on any atom is -0.357 e. The van der Waals surface area contributed by atoms with Crippen LogP contribution in [-0.2, 0) is 0 Å². The normalized spacial score (nSPS) is 23.6. The van der Waals surface area contributed by atoms with E-state index >= 15 is 0 Å². The number of piperidine rings is 1. The predicted molar refractivity (Wildman–Crippen MR) is 88.2 cm³/mol. The Labute approximate surface area is 132 Å². The molecule has 2 saturated heterocycles. The van der Waals surface area contributed by atoms with Crippen LogP contribution in [0.4, 0.5) is 5.82 Å². The van der Waals surface area contributed by atoms with E-state index in [0.717, 1.165) is 44.5 Å². The third-order valence-corrected chi connectivity index (χ3v) is 4.76. The zero-order valence-electron chi connectivity index (χ0n) is 13.6. The maximum absolute atomic E-state index is 12.5. The Balaban J connectivity index is 1.64. The molecule has 22 heavy (non-hydrogen) atoms. The molecule has 5 heteroatoms. The van der Waals surface area contributed by atoms with Crippen LogP contribution >= 0.6 is 0 Å². The van der Waals surface area contributed by atoms with Crippen LogP contribution in [0.25, 0.3) is 0 Å². The first kappa shape index (κ1) is 15.3. The Kier molecular flexibility index (Phi) is 4.62. The lowest BCUT2D eigenvalue weighted by Gasteiger charge is -2.32. The fourth-order valence-corrected chi connectivity index (χ4v) is 3.24. The third-order valence-electron chi connectivity index (χ3n) is 4.76. The maximum Gasteiger partial charge on any atom is 0.255 e. The molecule has 2 aliphatic heterocycles. The van der Waals surface area contributed by atoms with E-state index in [9.17, 15) is 4.79 Å². The monoisotopic (exact) mass is 302 g/mol. The van der Waals surface area contributed by atoms with Crippen LogP contribution in [0.1, 0.15) is 37.0 Å². The van der Waals surface area contributed by atoms with E-state index in [1.807, 2.05) is 17.0 Å². The lowest BCUT2D eigenvalue weighted by Crippen LogP contribution is -2.51. The summed E-state index contributed by atoms with van der Waals surface area (Å²) in [6, 6.07) is 4.28. The fourth-order valence-electron chi connectivity index (χ4n) is 3.24. The van der Waals surface area contributed by atoms with E-state index in [0.29, 0.717) is 11.6 Å². The second kappa shape index (κ2) is 6.65. The van der Waals surface area contributed by atoms with E-state index in [1.54, 1.807) is 6.20 Å². The lowest BCUT2D eigenvalue weighted by atomic mass is 9.99. The van der Waals surface area contributed by atoms with Gasteiger partial charge in [0, 0.05) is 45.0 Å². The molecule has 0 spiro atoms. The van der Waals surface area contributed by atoms with Gasteiger partial charge < -0.3 is 15.1 Å². The van der Waals surface area contributed by atoms with Crippen molar-refractivity contribution in [1.29, 1.82) is 0 Å². The minimum absolute atomic E-state index is 0.0969. The van der Waals surface area contributed by atoms with E-state index in [1.165, 1.54) is 12.8 Å². The first-order chi connectivity index (χ1) is 10.6. The molecule has 1 N–H and O–H groups in total. The number of carbonyl (C=O) groups is 1. The van der Waals surface area contributed by atoms with E-state index in [4.69, 9.17) is 0 Å². The van der Waals surface area contributed by atoms with Crippen LogP contribution in [-0.4, -0.2) is 54.6 Å². The summed E-state index contributed by atoms with van der Waals surface area (Å²) in [4.78, 5) is 21.3. The van der Waals surface area contributed by atoms with Crippen LogP contribution < -0.4 is 10.2 Å². The Hall–Kier alpha value is -1.62. The number of carbonyl (C=O) groups excluding carboxylic acids is 1. The zero-order chi connectivity index (χ0) is 15.5. The van der Waals surface area contributed by atoms with E-state index in [2.05, 4.69) is 29.0 Å². The first-order valence-electron chi connectivity index (χ1n) is 8.37.